The number of H-pyrrole nitrogens is 1. The molecule has 0 fully saturated rings. The highest BCUT2D eigenvalue weighted by atomic mass is 32.2. The molecule has 0 bridgehead atoms. The molecule has 0 saturated carbocycles. The van der Waals surface area contributed by atoms with E-state index in [1.54, 1.807) is 0 Å². The number of aromatic amines is 1. The SMILES string of the molecule is CC(C)(C)[Si](C)(C)OCc1cccc2[nH]c(O)c(C=Nc3ccc(S(=O)(=O)O)cc3)c12. The molecule has 0 spiro atoms. The molecular weight excluding hydrogens is 432 g/mol. The molecule has 0 aliphatic heterocycles. The van der Waals surface area contributed by atoms with Crippen molar-refractivity contribution in [2.24, 2.45) is 4.99 Å². The van der Waals surface area contributed by atoms with Crippen molar-refractivity contribution < 1.29 is 22.5 Å². The average molecular weight is 461 g/mol. The number of rotatable bonds is 6. The molecule has 1 aromatic heterocycles. The van der Waals surface area contributed by atoms with Crippen LogP contribution >= 0.6 is 0 Å². The van der Waals surface area contributed by atoms with Crippen molar-refractivity contribution >= 4 is 41.2 Å². The van der Waals surface area contributed by atoms with Crippen LogP contribution in [0.25, 0.3) is 10.9 Å². The standard InChI is InChI=1S/C22H28N2O5SSi/c1-22(2,3)31(4,5)29-14-15-7-6-8-19-20(15)18(21(25)24-19)13-23-16-9-11-17(12-10-16)30(26,27)28/h6-13,24-25H,14H2,1-5H3,(H,26,27,28). The second-order valence-electron chi connectivity index (χ2n) is 9.00. The second kappa shape index (κ2) is 8.23. The van der Waals surface area contributed by atoms with Gasteiger partial charge in [0.1, 0.15) is 0 Å². The van der Waals surface area contributed by atoms with Crippen LogP contribution in [0.15, 0.2) is 52.4 Å². The molecule has 0 aliphatic rings. The molecule has 0 aliphatic carbocycles. The van der Waals surface area contributed by atoms with E-state index < -0.39 is 18.4 Å². The summed E-state index contributed by atoms with van der Waals surface area (Å²) in [6.07, 6.45) is 1.53. The number of fused-ring (bicyclic) bond motifs is 1. The van der Waals surface area contributed by atoms with Gasteiger partial charge < -0.3 is 14.5 Å². The van der Waals surface area contributed by atoms with E-state index in [2.05, 4.69) is 43.8 Å². The number of aromatic nitrogens is 1. The fourth-order valence-corrected chi connectivity index (χ4v) is 4.33. The Bertz CT molecular complexity index is 1220. The molecule has 0 atom stereocenters. The first-order valence-corrected chi connectivity index (χ1v) is 14.2. The molecule has 0 amide bonds. The van der Waals surface area contributed by atoms with Gasteiger partial charge in [-0.1, -0.05) is 32.9 Å². The summed E-state index contributed by atoms with van der Waals surface area (Å²) < 4.78 is 37.8. The van der Waals surface area contributed by atoms with Gasteiger partial charge in [0.25, 0.3) is 10.1 Å². The van der Waals surface area contributed by atoms with Crippen LogP contribution in [0.4, 0.5) is 5.69 Å². The number of aromatic hydroxyl groups is 1. The highest BCUT2D eigenvalue weighted by molar-refractivity contribution is 7.85. The van der Waals surface area contributed by atoms with Crippen LogP contribution in [0.3, 0.4) is 0 Å². The molecule has 0 radical (unpaired) electrons. The molecular formula is C22H28N2O5SSi. The van der Waals surface area contributed by atoms with E-state index in [0.717, 1.165) is 16.5 Å². The highest BCUT2D eigenvalue weighted by Gasteiger charge is 2.37. The maximum absolute atomic E-state index is 11.2. The van der Waals surface area contributed by atoms with E-state index in [-0.39, 0.29) is 15.8 Å². The first kappa shape index (κ1) is 23.2. The number of benzene rings is 2. The van der Waals surface area contributed by atoms with Gasteiger partial charge in [-0.05, 0) is 54.0 Å². The van der Waals surface area contributed by atoms with Gasteiger partial charge in [-0.2, -0.15) is 8.42 Å². The third-order valence-electron chi connectivity index (χ3n) is 5.80. The largest absolute Gasteiger partial charge is 0.494 e. The molecule has 0 saturated heterocycles. The zero-order valence-corrected chi connectivity index (χ0v) is 20.1. The Morgan fingerprint density at radius 1 is 1.13 bits per heavy atom. The van der Waals surface area contributed by atoms with E-state index in [0.29, 0.717) is 17.9 Å². The van der Waals surface area contributed by atoms with E-state index in [1.807, 2.05) is 18.2 Å². The number of aliphatic imine (C=N–C) groups is 1. The number of hydrogen-bond acceptors (Lipinski definition) is 5. The van der Waals surface area contributed by atoms with Crippen LogP contribution in [0.5, 0.6) is 5.88 Å². The van der Waals surface area contributed by atoms with Crippen molar-refractivity contribution in [2.75, 3.05) is 0 Å². The Hall–Kier alpha value is -2.46. The van der Waals surface area contributed by atoms with Gasteiger partial charge in [0.05, 0.1) is 22.8 Å². The summed E-state index contributed by atoms with van der Waals surface area (Å²) in [7, 11) is -6.21. The molecule has 3 N–H and O–H groups in total. The van der Waals surface area contributed by atoms with Crippen molar-refractivity contribution in [1.29, 1.82) is 0 Å². The normalized spacial score (nSPS) is 13.4. The smallest absolute Gasteiger partial charge is 0.294 e. The molecule has 2 aromatic carbocycles. The Labute approximate surface area is 183 Å². The summed E-state index contributed by atoms with van der Waals surface area (Å²) in [4.78, 5) is 7.12. The summed E-state index contributed by atoms with van der Waals surface area (Å²) in [6.45, 7) is 11.4. The minimum Gasteiger partial charge on any atom is -0.494 e. The summed E-state index contributed by atoms with van der Waals surface area (Å²) >= 11 is 0. The van der Waals surface area contributed by atoms with E-state index in [1.165, 1.54) is 30.5 Å². The number of nitrogens with zero attached hydrogens (tertiary/aromatic N) is 1. The predicted octanol–water partition coefficient (Wildman–Crippen LogP) is 5.39. The third-order valence-corrected chi connectivity index (χ3v) is 11.1. The van der Waals surface area contributed by atoms with E-state index >= 15 is 0 Å². The first-order valence-electron chi connectivity index (χ1n) is 9.88. The average Bonchev–Trinajstić information content (AvgIpc) is 2.99. The molecule has 7 nitrogen and oxygen atoms in total. The fraction of sp³-hybridized carbons (Fsp3) is 0.318. The quantitative estimate of drug-likeness (QED) is 0.259. The minimum atomic E-state index is -4.26. The van der Waals surface area contributed by atoms with Crippen molar-refractivity contribution in [3.63, 3.8) is 0 Å². The fourth-order valence-electron chi connectivity index (χ4n) is 2.90. The van der Waals surface area contributed by atoms with Crippen LogP contribution in [-0.2, 0) is 21.2 Å². The summed E-state index contributed by atoms with van der Waals surface area (Å²) in [5.74, 6) is -0.00640. The van der Waals surface area contributed by atoms with Gasteiger partial charge in [0.2, 0.25) is 0 Å². The van der Waals surface area contributed by atoms with Crippen molar-refractivity contribution in [2.45, 2.75) is 50.4 Å². The van der Waals surface area contributed by atoms with Crippen LogP contribution in [0.1, 0.15) is 31.9 Å². The molecule has 31 heavy (non-hydrogen) atoms. The summed E-state index contributed by atoms with van der Waals surface area (Å²) in [5.41, 5.74) is 2.73. The minimum absolute atomic E-state index is 0.00640. The zero-order valence-electron chi connectivity index (χ0n) is 18.3. The Morgan fingerprint density at radius 2 is 1.77 bits per heavy atom. The number of nitrogens with one attached hydrogen (secondary N) is 1. The van der Waals surface area contributed by atoms with E-state index in [9.17, 15) is 13.5 Å². The van der Waals surface area contributed by atoms with Gasteiger partial charge in [-0.25, -0.2) is 0 Å². The van der Waals surface area contributed by atoms with Crippen molar-refractivity contribution in [1.82, 2.24) is 4.98 Å². The lowest BCUT2D eigenvalue weighted by molar-refractivity contribution is 0.277. The van der Waals surface area contributed by atoms with Crippen molar-refractivity contribution in [3.05, 3.63) is 53.6 Å². The van der Waals surface area contributed by atoms with Crippen LogP contribution in [0, 0.1) is 0 Å². The molecule has 0 unspecified atom stereocenters. The lowest BCUT2D eigenvalue weighted by atomic mass is 10.1. The maximum atomic E-state index is 11.2. The molecule has 3 aromatic rings. The van der Waals surface area contributed by atoms with E-state index in [4.69, 9.17) is 8.98 Å². The Morgan fingerprint density at radius 3 is 2.35 bits per heavy atom. The van der Waals surface area contributed by atoms with Crippen LogP contribution in [0.2, 0.25) is 18.1 Å². The Balaban J connectivity index is 1.94. The lowest BCUT2D eigenvalue weighted by Gasteiger charge is -2.36. The first-order chi connectivity index (χ1) is 14.3. The highest BCUT2D eigenvalue weighted by Crippen LogP contribution is 2.38. The molecule has 1 heterocycles. The summed E-state index contributed by atoms with van der Waals surface area (Å²) in [6, 6.07) is 11.3. The Kier molecular flexibility index (Phi) is 6.16. The maximum Gasteiger partial charge on any atom is 0.294 e. The molecule has 3 rings (SSSR count). The summed E-state index contributed by atoms with van der Waals surface area (Å²) in [5, 5.41) is 11.4. The predicted molar refractivity (Wildman–Crippen MR) is 125 cm³/mol. The van der Waals surface area contributed by atoms with Gasteiger partial charge in [0, 0.05) is 17.1 Å². The van der Waals surface area contributed by atoms with Crippen molar-refractivity contribution in [3.8, 4) is 5.88 Å². The van der Waals surface area contributed by atoms with Gasteiger partial charge in [-0.15, -0.1) is 0 Å². The second-order valence-corrected chi connectivity index (χ2v) is 15.2. The number of hydrogen-bond donors (Lipinski definition) is 3. The van der Waals surface area contributed by atoms with Crippen LogP contribution in [-0.4, -0.2) is 37.6 Å². The topological polar surface area (TPSA) is 112 Å². The van der Waals surface area contributed by atoms with Crippen LogP contribution < -0.4 is 0 Å². The molecule has 9 heteroatoms. The van der Waals surface area contributed by atoms with Gasteiger partial charge >= 0.3 is 0 Å². The third kappa shape index (κ3) is 5.07. The van der Waals surface area contributed by atoms with Gasteiger partial charge in [0.15, 0.2) is 14.2 Å². The molecule has 166 valence electrons. The van der Waals surface area contributed by atoms with Gasteiger partial charge in [-0.3, -0.25) is 9.55 Å². The lowest BCUT2D eigenvalue weighted by Crippen LogP contribution is -2.40. The monoisotopic (exact) mass is 460 g/mol. The zero-order chi connectivity index (χ0) is 23.0.